The zero-order valence-electron chi connectivity index (χ0n) is 27.6. The predicted molar refractivity (Wildman–Crippen MR) is 172 cm³/mol. The molecule has 43 heavy (non-hydrogen) atoms. The standard InChI is InChI=1S/C36H54O7/c1-23-20-27(21-28(32(23)41)35(3,4)5)25(22-30(39)40)15-13-11-9-10-12-14-18-43-34-26(16-17-29(37)38)19-24(2)33(42)31(34)36(6,7)8/h19-21,25,41-42H,9-18,22H2,1-8H3,(H,37,38)(H,39,40). The third-order valence-electron chi connectivity index (χ3n) is 8.09. The monoisotopic (exact) mass is 598 g/mol. The molecule has 240 valence electrons. The van der Waals surface area contributed by atoms with Crippen molar-refractivity contribution in [3.63, 3.8) is 0 Å². The number of ether oxygens (including phenoxy) is 1. The Bertz CT molecular complexity index is 1250. The highest BCUT2D eigenvalue weighted by Crippen LogP contribution is 2.43. The molecule has 0 aliphatic heterocycles. The Morgan fingerprint density at radius 3 is 1.91 bits per heavy atom. The number of aromatic hydroxyl groups is 2. The zero-order chi connectivity index (χ0) is 32.5. The van der Waals surface area contributed by atoms with E-state index in [1.54, 1.807) is 0 Å². The van der Waals surface area contributed by atoms with Gasteiger partial charge in [-0.25, -0.2) is 0 Å². The Morgan fingerprint density at radius 2 is 1.35 bits per heavy atom. The number of carbonyl (C=O) groups is 2. The van der Waals surface area contributed by atoms with Crippen molar-refractivity contribution in [3.05, 3.63) is 51.6 Å². The molecule has 1 atom stereocenters. The summed E-state index contributed by atoms with van der Waals surface area (Å²) in [6.07, 6.45) is 7.07. The van der Waals surface area contributed by atoms with Gasteiger partial charge in [0.25, 0.3) is 0 Å². The second-order valence-corrected chi connectivity index (χ2v) is 14.1. The van der Waals surface area contributed by atoms with Crippen LogP contribution in [-0.2, 0) is 26.8 Å². The van der Waals surface area contributed by atoms with Crippen molar-refractivity contribution in [2.75, 3.05) is 6.61 Å². The minimum absolute atomic E-state index is 0.00157. The molecule has 0 fully saturated rings. The van der Waals surface area contributed by atoms with E-state index in [4.69, 9.17) is 4.74 Å². The van der Waals surface area contributed by atoms with E-state index in [0.29, 0.717) is 24.5 Å². The lowest BCUT2D eigenvalue weighted by atomic mass is 9.81. The molecule has 2 rings (SSSR count). The van der Waals surface area contributed by atoms with Crippen LogP contribution >= 0.6 is 0 Å². The van der Waals surface area contributed by atoms with Crippen molar-refractivity contribution < 1.29 is 34.8 Å². The molecule has 2 aromatic carbocycles. The Kier molecular flexibility index (Phi) is 13.0. The number of benzene rings is 2. The van der Waals surface area contributed by atoms with Crippen molar-refractivity contribution in [1.29, 1.82) is 0 Å². The lowest BCUT2D eigenvalue weighted by Gasteiger charge is -2.27. The summed E-state index contributed by atoms with van der Waals surface area (Å²) < 4.78 is 6.23. The zero-order valence-corrected chi connectivity index (χ0v) is 27.6. The molecular formula is C36H54O7. The molecule has 0 radical (unpaired) electrons. The highest BCUT2D eigenvalue weighted by Gasteiger charge is 2.28. The molecule has 7 heteroatoms. The van der Waals surface area contributed by atoms with Gasteiger partial charge in [0.05, 0.1) is 13.0 Å². The van der Waals surface area contributed by atoms with Gasteiger partial charge in [0, 0.05) is 12.0 Å². The number of unbranched alkanes of at least 4 members (excludes halogenated alkanes) is 5. The minimum atomic E-state index is -0.865. The van der Waals surface area contributed by atoms with Crippen LogP contribution < -0.4 is 4.74 Å². The topological polar surface area (TPSA) is 124 Å². The quantitative estimate of drug-likeness (QED) is 0.142. The average molecular weight is 599 g/mol. The van der Waals surface area contributed by atoms with Gasteiger partial charge < -0.3 is 25.2 Å². The maximum absolute atomic E-state index is 11.7. The van der Waals surface area contributed by atoms with Crippen LogP contribution in [0.1, 0.15) is 139 Å². The summed E-state index contributed by atoms with van der Waals surface area (Å²) in [6, 6.07) is 5.76. The number of carboxylic acids is 2. The summed E-state index contributed by atoms with van der Waals surface area (Å²) in [5, 5.41) is 40.2. The summed E-state index contributed by atoms with van der Waals surface area (Å²) in [6.45, 7) is 16.4. The van der Waals surface area contributed by atoms with Crippen molar-refractivity contribution in [1.82, 2.24) is 0 Å². The van der Waals surface area contributed by atoms with Crippen molar-refractivity contribution in [2.45, 2.75) is 136 Å². The van der Waals surface area contributed by atoms with Gasteiger partial charge in [-0.1, -0.05) is 85.8 Å². The molecule has 0 saturated heterocycles. The molecular weight excluding hydrogens is 544 g/mol. The third kappa shape index (κ3) is 10.8. The lowest BCUT2D eigenvalue weighted by Crippen LogP contribution is -2.16. The van der Waals surface area contributed by atoms with Crippen molar-refractivity contribution in [3.8, 4) is 17.2 Å². The number of carboxylic acid groups (broad SMARTS) is 2. The number of aliphatic carboxylic acids is 2. The highest BCUT2D eigenvalue weighted by atomic mass is 16.5. The van der Waals surface area contributed by atoms with Crippen LogP contribution in [0.2, 0.25) is 0 Å². The van der Waals surface area contributed by atoms with Gasteiger partial charge >= 0.3 is 11.9 Å². The van der Waals surface area contributed by atoms with Gasteiger partial charge in [0.15, 0.2) is 0 Å². The van der Waals surface area contributed by atoms with Gasteiger partial charge in [-0.15, -0.1) is 0 Å². The number of rotatable bonds is 16. The van der Waals surface area contributed by atoms with Crippen LogP contribution in [0, 0.1) is 13.8 Å². The Hall–Kier alpha value is -3.22. The Morgan fingerprint density at radius 1 is 0.767 bits per heavy atom. The first-order valence-electron chi connectivity index (χ1n) is 15.7. The van der Waals surface area contributed by atoms with E-state index in [1.807, 2.05) is 52.8 Å². The molecule has 0 aliphatic carbocycles. The second kappa shape index (κ2) is 15.5. The average Bonchev–Trinajstić information content (AvgIpc) is 2.87. The number of phenols is 2. The number of hydrogen-bond acceptors (Lipinski definition) is 5. The van der Waals surface area contributed by atoms with Gasteiger partial charge in [0.1, 0.15) is 17.2 Å². The summed E-state index contributed by atoms with van der Waals surface area (Å²) in [5.41, 5.74) is 4.28. The van der Waals surface area contributed by atoms with Gasteiger partial charge in [-0.3, -0.25) is 9.59 Å². The first-order valence-corrected chi connectivity index (χ1v) is 15.7. The molecule has 1 unspecified atom stereocenters. The number of hydrogen-bond donors (Lipinski definition) is 4. The normalized spacial score (nSPS) is 12.7. The van der Waals surface area contributed by atoms with Crippen LogP contribution in [0.15, 0.2) is 18.2 Å². The van der Waals surface area contributed by atoms with Gasteiger partial charge in [-0.05, 0) is 83.7 Å². The Balaban J connectivity index is 1.92. The predicted octanol–water partition coefficient (Wildman–Crippen LogP) is 8.69. The first kappa shape index (κ1) is 36.0. The van der Waals surface area contributed by atoms with E-state index in [1.165, 1.54) is 0 Å². The van der Waals surface area contributed by atoms with Crippen LogP contribution in [0.25, 0.3) is 0 Å². The molecule has 0 heterocycles. The molecule has 0 aromatic heterocycles. The van der Waals surface area contributed by atoms with E-state index in [-0.39, 0.29) is 35.3 Å². The summed E-state index contributed by atoms with van der Waals surface area (Å²) >= 11 is 0. The van der Waals surface area contributed by atoms with E-state index in [0.717, 1.165) is 78.3 Å². The third-order valence-corrected chi connectivity index (χ3v) is 8.09. The summed E-state index contributed by atoms with van der Waals surface area (Å²) in [7, 11) is 0. The summed E-state index contributed by atoms with van der Waals surface area (Å²) in [4.78, 5) is 22.9. The molecule has 2 aromatic rings. The maximum Gasteiger partial charge on any atom is 0.303 e. The van der Waals surface area contributed by atoms with Gasteiger partial charge in [-0.2, -0.15) is 0 Å². The van der Waals surface area contributed by atoms with Crippen LogP contribution in [0.3, 0.4) is 0 Å². The van der Waals surface area contributed by atoms with Gasteiger partial charge in [0.2, 0.25) is 0 Å². The van der Waals surface area contributed by atoms with Crippen LogP contribution in [0.4, 0.5) is 0 Å². The smallest absolute Gasteiger partial charge is 0.303 e. The van der Waals surface area contributed by atoms with Crippen LogP contribution in [0.5, 0.6) is 17.2 Å². The molecule has 0 spiro atoms. The molecule has 7 nitrogen and oxygen atoms in total. The van der Waals surface area contributed by atoms with E-state index >= 15 is 0 Å². The second-order valence-electron chi connectivity index (χ2n) is 14.1. The fourth-order valence-electron chi connectivity index (χ4n) is 5.73. The molecule has 4 N–H and O–H groups in total. The molecule has 0 saturated carbocycles. The number of aryl methyl sites for hydroxylation is 3. The maximum atomic E-state index is 11.7. The van der Waals surface area contributed by atoms with Crippen molar-refractivity contribution >= 4 is 11.9 Å². The molecule has 0 bridgehead atoms. The molecule has 0 amide bonds. The minimum Gasteiger partial charge on any atom is -0.507 e. The highest BCUT2D eigenvalue weighted by molar-refractivity contribution is 5.68. The van der Waals surface area contributed by atoms with Crippen molar-refractivity contribution in [2.24, 2.45) is 0 Å². The largest absolute Gasteiger partial charge is 0.507 e. The Labute approximate surface area is 258 Å². The summed E-state index contributed by atoms with van der Waals surface area (Å²) in [5.74, 6) is -0.656. The molecule has 0 aliphatic rings. The first-order chi connectivity index (χ1) is 19.9. The van der Waals surface area contributed by atoms with E-state index < -0.39 is 11.9 Å². The SMILES string of the molecule is Cc1cc(C(CCCCCCCCOc2c(CCC(=O)O)cc(C)c(O)c2C(C)(C)C)CC(=O)O)cc(C(C)(C)C)c1O. The van der Waals surface area contributed by atoms with Crippen LogP contribution in [-0.4, -0.2) is 39.0 Å². The van der Waals surface area contributed by atoms with E-state index in [9.17, 15) is 30.0 Å². The lowest BCUT2D eigenvalue weighted by molar-refractivity contribution is -0.138. The fourth-order valence-corrected chi connectivity index (χ4v) is 5.73. The fraction of sp³-hybridized carbons (Fsp3) is 0.611. The number of phenolic OH excluding ortho intramolecular Hbond substituents is 2. The van der Waals surface area contributed by atoms with E-state index in [2.05, 4.69) is 20.8 Å².